The fourth-order valence-electron chi connectivity index (χ4n) is 2.32. The summed E-state index contributed by atoms with van der Waals surface area (Å²) in [7, 11) is 0. The van der Waals surface area contributed by atoms with Crippen LogP contribution in [-0.2, 0) is 0 Å². The van der Waals surface area contributed by atoms with E-state index in [0.29, 0.717) is 23.7 Å². The molecule has 21 heavy (non-hydrogen) atoms. The standard InChI is InChI=1S/C16H15ClN2O2/c1-10-14(17)5-6-15(18-10)11-3-2-4-12(7-11)16(21)19-8-13(20)9-19/h2-7,13,20H,8-9H2,1H3. The minimum Gasteiger partial charge on any atom is -0.389 e. The summed E-state index contributed by atoms with van der Waals surface area (Å²) in [6.07, 6.45) is -0.391. The van der Waals surface area contributed by atoms with Crippen molar-refractivity contribution in [1.82, 2.24) is 9.88 Å². The second-order valence-corrected chi connectivity index (χ2v) is 5.62. The molecule has 0 saturated carbocycles. The molecular formula is C16H15ClN2O2. The van der Waals surface area contributed by atoms with Crippen molar-refractivity contribution in [2.24, 2.45) is 0 Å². The van der Waals surface area contributed by atoms with Gasteiger partial charge in [0.2, 0.25) is 0 Å². The molecule has 1 aliphatic rings. The van der Waals surface area contributed by atoms with Crippen LogP contribution in [0.4, 0.5) is 0 Å². The Balaban J connectivity index is 1.89. The molecule has 1 amide bonds. The van der Waals surface area contributed by atoms with Crippen LogP contribution < -0.4 is 0 Å². The molecule has 3 rings (SSSR count). The number of amides is 1. The maximum atomic E-state index is 12.3. The molecular weight excluding hydrogens is 288 g/mol. The van der Waals surface area contributed by atoms with Gasteiger partial charge in [-0.15, -0.1) is 0 Å². The summed E-state index contributed by atoms with van der Waals surface area (Å²) < 4.78 is 0. The normalized spacial score (nSPS) is 14.9. The second-order valence-electron chi connectivity index (χ2n) is 5.21. The first kappa shape index (κ1) is 14.0. The van der Waals surface area contributed by atoms with E-state index in [-0.39, 0.29) is 5.91 Å². The van der Waals surface area contributed by atoms with Crippen molar-refractivity contribution in [1.29, 1.82) is 0 Å². The predicted molar refractivity (Wildman–Crippen MR) is 81.3 cm³/mol. The van der Waals surface area contributed by atoms with E-state index in [0.717, 1.165) is 17.0 Å². The Hall–Kier alpha value is -1.91. The molecule has 1 N–H and O–H groups in total. The molecule has 0 bridgehead atoms. The van der Waals surface area contributed by atoms with Gasteiger partial charge in [-0.05, 0) is 31.2 Å². The number of aromatic nitrogens is 1. The average molecular weight is 303 g/mol. The quantitative estimate of drug-likeness (QED) is 0.927. The van der Waals surface area contributed by atoms with E-state index in [1.54, 1.807) is 17.0 Å². The topological polar surface area (TPSA) is 53.4 Å². The highest BCUT2D eigenvalue weighted by atomic mass is 35.5. The van der Waals surface area contributed by atoms with Crippen LogP contribution in [0.25, 0.3) is 11.3 Å². The Morgan fingerprint density at radius 2 is 2.10 bits per heavy atom. The molecule has 0 aliphatic carbocycles. The summed E-state index contributed by atoms with van der Waals surface area (Å²) in [6, 6.07) is 11.0. The van der Waals surface area contributed by atoms with Crippen LogP contribution in [-0.4, -0.2) is 40.1 Å². The molecule has 1 aromatic heterocycles. The van der Waals surface area contributed by atoms with Gasteiger partial charge < -0.3 is 10.0 Å². The first-order valence-corrected chi connectivity index (χ1v) is 7.13. The number of nitrogens with zero attached hydrogens (tertiary/aromatic N) is 2. The number of β-amino-alcohol motifs (C(OH)–C–C–N with tert-alkyl or cyclic N) is 1. The lowest BCUT2D eigenvalue weighted by Crippen LogP contribution is -2.53. The van der Waals surface area contributed by atoms with Crippen LogP contribution in [0.1, 0.15) is 16.1 Å². The molecule has 1 aromatic carbocycles. The lowest BCUT2D eigenvalue weighted by molar-refractivity contribution is 0.00590. The SMILES string of the molecule is Cc1nc(-c2cccc(C(=O)N3CC(O)C3)c2)ccc1Cl. The third-order valence-electron chi connectivity index (χ3n) is 3.58. The zero-order valence-electron chi connectivity index (χ0n) is 11.6. The number of likely N-dealkylation sites (tertiary alicyclic amines) is 1. The van der Waals surface area contributed by atoms with Crippen molar-refractivity contribution in [3.05, 3.63) is 52.7 Å². The van der Waals surface area contributed by atoms with Crippen molar-refractivity contribution < 1.29 is 9.90 Å². The summed E-state index contributed by atoms with van der Waals surface area (Å²) in [6.45, 7) is 2.66. The highest BCUT2D eigenvalue weighted by Gasteiger charge is 2.29. The van der Waals surface area contributed by atoms with Crippen LogP contribution in [0.3, 0.4) is 0 Å². The molecule has 4 nitrogen and oxygen atoms in total. The summed E-state index contributed by atoms with van der Waals surface area (Å²) in [5.74, 6) is -0.0622. The molecule has 0 spiro atoms. The number of carbonyl (C=O) groups is 1. The largest absolute Gasteiger partial charge is 0.389 e. The molecule has 0 unspecified atom stereocenters. The summed E-state index contributed by atoms with van der Waals surface area (Å²) in [5.41, 5.74) is 3.03. The molecule has 1 saturated heterocycles. The van der Waals surface area contributed by atoms with E-state index < -0.39 is 6.10 Å². The van der Waals surface area contributed by atoms with Crippen LogP contribution in [0.15, 0.2) is 36.4 Å². The molecule has 2 aromatic rings. The summed E-state index contributed by atoms with van der Waals surface area (Å²) in [5, 5.41) is 9.91. The Morgan fingerprint density at radius 3 is 2.76 bits per heavy atom. The molecule has 5 heteroatoms. The third kappa shape index (κ3) is 2.77. The van der Waals surface area contributed by atoms with Gasteiger partial charge in [-0.25, -0.2) is 0 Å². The van der Waals surface area contributed by atoms with E-state index in [1.165, 1.54) is 0 Å². The first-order chi connectivity index (χ1) is 10.0. The number of carbonyl (C=O) groups excluding carboxylic acids is 1. The number of aryl methyl sites for hydroxylation is 1. The smallest absolute Gasteiger partial charge is 0.254 e. The number of aliphatic hydroxyl groups is 1. The Labute approximate surface area is 128 Å². The minimum atomic E-state index is -0.391. The van der Waals surface area contributed by atoms with Gasteiger partial charge in [0, 0.05) is 24.2 Å². The zero-order chi connectivity index (χ0) is 15.0. The lowest BCUT2D eigenvalue weighted by atomic mass is 10.0. The maximum Gasteiger partial charge on any atom is 0.254 e. The van der Waals surface area contributed by atoms with Gasteiger partial charge in [-0.2, -0.15) is 0 Å². The van der Waals surface area contributed by atoms with E-state index in [1.807, 2.05) is 31.2 Å². The number of halogens is 1. The fourth-order valence-corrected chi connectivity index (χ4v) is 2.43. The number of benzene rings is 1. The summed E-state index contributed by atoms with van der Waals surface area (Å²) >= 11 is 5.98. The van der Waals surface area contributed by atoms with E-state index in [4.69, 9.17) is 11.6 Å². The minimum absolute atomic E-state index is 0.0622. The number of aliphatic hydroxyl groups excluding tert-OH is 1. The molecule has 0 radical (unpaired) electrons. The number of hydrogen-bond donors (Lipinski definition) is 1. The van der Waals surface area contributed by atoms with Gasteiger partial charge >= 0.3 is 0 Å². The van der Waals surface area contributed by atoms with Gasteiger partial charge in [-0.1, -0.05) is 23.7 Å². The van der Waals surface area contributed by atoms with Crippen LogP contribution >= 0.6 is 11.6 Å². The highest BCUT2D eigenvalue weighted by molar-refractivity contribution is 6.31. The van der Waals surface area contributed by atoms with Crippen molar-refractivity contribution in [3.8, 4) is 11.3 Å². The first-order valence-electron chi connectivity index (χ1n) is 6.75. The van der Waals surface area contributed by atoms with Gasteiger partial charge in [0.1, 0.15) is 0 Å². The van der Waals surface area contributed by atoms with Gasteiger partial charge in [0.05, 0.1) is 22.5 Å². The molecule has 1 aliphatic heterocycles. The van der Waals surface area contributed by atoms with Gasteiger partial charge in [-0.3, -0.25) is 9.78 Å². The number of pyridine rings is 1. The summed E-state index contributed by atoms with van der Waals surface area (Å²) in [4.78, 5) is 18.3. The second kappa shape index (κ2) is 5.47. The molecule has 108 valence electrons. The van der Waals surface area contributed by atoms with Crippen LogP contribution in [0.2, 0.25) is 5.02 Å². The Morgan fingerprint density at radius 1 is 1.33 bits per heavy atom. The highest BCUT2D eigenvalue weighted by Crippen LogP contribution is 2.23. The van der Waals surface area contributed by atoms with E-state index in [2.05, 4.69) is 4.98 Å². The molecule has 2 heterocycles. The lowest BCUT2D eigenvalue weighted by Gasteiger charge is -2.35. The van der Waals surface area contributed by atoms with Gasteiger partial charge in [0.15, 0.2) is 0 Å². The number of rotatable bonds is 2. The van der Waals surface area contributed by atoms with Gasteiger partial charge in [0.25, 0.3) is 5.91 Å². The Kier molecular flexibility index (Phi) is 3.66. The Bertz CT molecular complexity index is 696. The van der Waals surface area contributed by atoms with Crippen molar-refractivity contribution in [3.63, 3.8) is 0 Å². The predicted octanol–water partition coefficient (Wildman–Crippen LogP) is 2.53. The maximum absolute atomic E-state index is 12.3. The van der Waals surface area contributed by atoms with Crippen LogP contribution in [0.5, 0.6) is 0 Å². The van der Waals surface area contributed by atoms with E-state index >= 15 is 0 Å². The third-order valence-corrected chi connectivity index (χ3v) is 3.98. The van der Waals surface area contributed by atoms with Crippen molar-refractivity contribution in [2.45, 2.75) is 13.0 Å². The van der Waals surface area contributed by atoms with Crippen molar-refractivity contribution >= 4 is 17.5 Å². The fraction of sp³-hybridized carbons (Fsp3) is 0.250. The monoisotopic (exact) mass is 302 g/mol. The zero-order valence-corrected chi connectivity index (χ0v) is 12.3. The molecule has 0 atom stereocenters. The number of hydrogen-bond acceptors (Lipinski definition) is 3. The van der Waals surface area contributed by atoms with Crippen LogP contribution in [0, 0.1) is 6.92 Å². The molecule has 1 fully saturated rings. The average Bonchev–Trinajstić information content (AvgIpc) is 2.46. The van der Waals surface area contributed by atoms with E-state index in [9.17, 15) is 9.90 Å². The van der Waals surface area contributed by atoms with Crippen molar-refractivity contribution in [2.75, 3.05) is 13.1 Å².